The lowest BCUT2D eigenvalue weighted by Crippen LogP contribution is -2.41. The molecular formula is C56H72N10O6Si. The number of hydrogen-bond acceptors (Lipinski definition) is 10. The average molecular weight is 1010 g/mol. The lowest BCUT2D eigenvalue weighted by Gasteiger charge is -2.36. The minimum Gasteiger partial charge on any atom is -0.417 e. The normalized spacial score (nSPS) is 14.9. The van der Waals surface area contributed by atoms with Crippen molar-refractivity contribution in [3.05, 3.63) is 131 Å². The SMILES string of the molecule is Cn1cc(-c2cc(C(=O)N=C3Cc4cc(CCCO)ccc4N3CC(C)(C)O)ccn2)cn1.Cn1cc(-c2cc(C(=O)N=C3Cc4cc(CCCO[Si](C)(C)C(C)(C)C)ccc4N3CC(C)(C)O)ccn2)cn1. The van der Waals surface area contributed by atoms with E-state index in [-0.39, 0.29) is 23.5 Å². The molecule has 0 fully saturated rings. The number of rotatable bonds is 16. The second kappa shape index (κ2) is 22.3. The molecule has 0 bridgehead atoms. The molecule has 2 aliphatic rings. The number of fused-ring (bicyclic) bond motifs is 2. The van der Waals surface area contributed by atoms with Gasteiger partial charge in [0.15, 0.2) is 8.32 Å². The predicted octanol–water partition coefficient (Wildman–Crippen LogP) is 8.59. The van der Waals surface area contributed by atoms with E-state index in [1.54, 1.807) is 86.1 Å². The maximum atomic E-state index is 13.3. The van der Waals surface area contributed by atoms with Gasteiger partial charge in [0.25, 0.3) is 11.8 Å². The number of aryl methyl sites for hydroxylation is 4. The van der Waals surface area contributed by atoms with Gasteiger partial charge in [-0.1, -0.05) is 45.0 Å². The molecular weight excluding hydrogens is 937 g/mol. The van der Waals surface area contributed by atoms with Crippen LogP contribution in [0.4, 0.5) is 11.4 Å². The third kappa shape index (κ3) is 14.2. The second-order valence-corrected chi connectivity index (χ2v) is 26.8. The Morgan fingerprint density at radius 3 is 1.48 bits per heavy atom. The second-order valence-electron chi connectivity index (χ2n) is 21.9. The van der Waals surface area contributed by atoms with E-state index in [0.717, 1.165) is 65.1 Å². The number of amidine groups is 2. The van der Waals surface area contributed by atoms with Crippen LogP contribution in [-0.2, 0) is 44.2 Å². The summed E-state index contributed by atoms with van der Waals surface area (Å²) in [6, 6.07) is 19.4. The van der Waals surface area contributed by atoms with Crippen molar-refractivity contribution in [2.75, 3.05) is 36.1 Å². The van der Waals surface area contributed by atoms with Crippen molar-refractivity contribution >= 4 is 43.2 Å². The van der Waals surface area contributed by atoms with Gasteiger partial charge in [-0.3, -0.25) is 28.9 Å². The summed E-state index contributed by atoms with van der Waals surface area (Å²) in [5.74, 6) is 0.558. The summed E-state index contributed by atoms with van der Waals surface area (Å²) in [4.78, 5) is 48.1. The van der Waals surface area contributed by atoms with Gasteiger partial charge in [-0.05, 0) is 130 Å². The van der Waals surface area contributed by atoms with Crippen molar-refractivity contribution in [1.29, 1.82) is 0 Å². The molecule has 0 saturated carbocycles. The fraction of sp³-hybridized carbons (Fsp3) is 0.429. The van der Waals surface area contributed by atoms with Gasteiger partial charge in [-0.15, -0.1) is 0 Å². The smallest absolute Gasteiger partial charge is 0.278 e. The molecule has 0 spiro atoms. The number of aliphatic hydroxyl groups excluding tert-OH is 1. The van der Waals surface area contributed by atoms with Gasteiger partial charge in [0.2, 0.25) is 0 Å². The van der Waals surface area contributed by atoms with Crippen LogP contribution >= 0.6 is 0 Å². The molecule has 2 aliphatic heterocycles. The first-order valence-corrected chi connectivity index (χ1v) is 27.9. The van der Waals surface area contributed by atoms with Gasteiger partial charge in [0.1, 0.15) is 11.7 Å². The largest absolute Gasteiger partial charge is 0.417 e. The zero-order chi connectivity index (χ0) is 52.9. The Kier molecular flexibility index (Phi) is 16.6. The van der Waals surface area contributed by atoms with E-state index in [2.05, 4.69) is 88.3 Å². The van der Waals surface area contributed by atoms with Gasteiger partial charge in [-0.25, -0.2) is 0 Å². The average Bonchev–Trinajstić information content (AvgIpc) is 4.11. The Labute approximate surface area is 430 Å². The molecule has 3 N–H and O–H groups in total. The number of pyridine rings is 2. The number of β-amino-alcohol motifs (C(OH)–C–C–N with tert-alkyl or cyclic N) is 2. The maximum Gasteiger partial charge on any atom is 0.278 e. The Morgan fingerprint density at radius 1 is 0.658 bits per heavy atom. The summed E-state index contributed by atoms with van der Waals surface area (Å²) < 4.78 is 9.74. The fourth-order valence-corrected chi connectivity index (χ4v) is 9.64. The maximum absolute atomic E-state index is 13.3. The van der Waals surface area contributed by atoms with Crippen LogP contribution < -0.4 is 9.80 Å². The van der Waals surface area contributed by atoms with Crippen LogP contribution in [0, 0.1) is 0 Å². The van der Waals surface area contributed by atoms with Crippen molar-refractivity contribution in [1.82, 2.24) is 29.5 Å². The molecule has 0 unspecified atom stereocenters. The number of benzene rings is 2. The van der Waals surface area contributed by atoms with Crippen molar-refractivity contribution < 1.29 is 29.3 Å². The van der Waals surface area contributed by atoms with E-state index in [1.165, 1.54) is 5.56 Å². The minimum absolute atomic E-state index is 0.149. The molecule has 0 saturated heterocycles. The summed E-state index contributed by atoms with van der Waals surface area (Å²) in [6.45, 7) is 19.9. The summed E-state index contributed by atoms with van der Waals surface area (Å²) in [5, 5.41) is 38.8. The Morgan fingerprint density at radius 2 is 1.10 bits per heavy atom. The van der Waals surface area contributed by atoms with Crippen LogP contribution in [0.2, 0.25) is 18.1 Å². The van der Waals surface area contributed by atoms with Crippen LogP contribution in [0.5, 0.6) is 0 Å². The van der Waals surface area contributed by atoms with Gasteiger partial charge in [-0.2, -0.15) is 20.2 Å². The van der Waals surface area contributed by atoms with Crippen molar-refractivity contribution in [3.8, 4) is 22.5 Å². The Hall–Kier alpha value is -6.50. The number of amides is 2. The van der Waals surface area contributed by atoms with Crippen LogP contribution in [0.3, 0.4) is 0 Å². The highest BCUT2D eigenvalue weighted by atomic mass is 28.4. The molecule has 17 heteroatoms. The zero-order valence-corrected chi connectivity index (χ0v) is 45.3. The van der Waals surface area contributed by atoms with Crippen molar-refractivity contribution in [3.63, 3.8) is 0 Å². The quantitative estimate of drug-likeness (QED) is 0.0618. The number of aromatic nitrogens is 6. The zero-order valence-electron chi connectivity index (χ0n) is 44.3. The van der Waals surface area contributed by atoms with E-state index in [4.69, 9.17) is 9.53 Å². The fourth-order valence-electron chi connectivity index (χ4n) is 8.55. The standard InChI is InChI=1S/C31H43N5O3Si.C25H29N5O3/c1-30(2,3)40(7,8)39-15-9-10-22-11-12-27-24(16-22)18-28(36(27)21-31(4,5)38)34-29(37)23-13-14-32-26(17-23)25-19-33-35(6)20-25;1-25(2,33)16-30-22-7-6-17(5-4-10-31)11-19(22)13-23(30)28-24(32)18-8-9-26-21(12-18)20-14-27-29(3)15-20/h11-14,16-17,19-20,38H,9-10,15,18,21H2,1-8H3;6-9,11-12,14-15,31,33H,4-5,10,13,16H2,1-3H3. The lowest BCUT2D eigenvalue weighted by atomic mass is 10.0. The van der Waals surface area contributed by atoms with Crippen LogP contribution in [0.15, 0.2) is 108 Å². The summed E-state index contributed by atoms with van der Waals surface area (Å²) >= 11 is 0. The first kappa shape index (κ1) is 54.3. The summed E-state index contributed by atoms with van der Waals surface area (Å²) in [5.41, 5.74) is 8.45. The topological polar surface area (TPSA) is 197 Å². The van der Waals surface area contributed by atoms with E-state index >= 15 is 0 Å². The highest BCUT2D eigenvalue weighted by Crippen LogP contribution is 2.37. The molecule has 6 heterocycles. The van der Waals surface area contributed by atoms with Crippen LogP contribution in [0.1, 0.15) is 104 Å². The van der Waals surface area contributed by atoms with E-state index in [9.17, 15) is 19.8 Å². The molecule has 6 aromatic rings. The van der Waals surface area contributed by atoms with Crippen molar-refractivity contribution in [2.24, 2.45) is 24.1 Å². The molecule has 386 valence electrons. The number of carbonyl (C=O) groups excluding carboxylic acids is 2. The number of aliphatic hydroxyl groups is 3. The molecule has 0 radical (unpaired) electrons. The third-order valence-corrected chi connectivity index (χ3v) is 17.8. The number of nitrogens with zero attached hydrogens (tertiary/aromatic N) is 10. The first-order chi connectivity index (χ1) is 34.4. The molecule has 2 aromatic carbocycles. The van der Waals surface area contributed by atoms with E-state index in [0.29, 0.717) is 66.5 Å². The summed E-state index contributed by atoms with van der Waals surface area (Å²) in [7, 11) is 1.92. The van der Waals surface area contributed by atoms with E-state index in [1.807, 2.05) is 48.4 Å². The Bertz CT molecular complexity index is 2990. The van der Waals surface area contributed by atoms with Gasteiger partial charge in [0, 0.05) is 98.6 Å². The van der Waals surface area contributed by atoms with Crippen molar-refractivity contribution in [2.45, 2.75) is 116 Å². The molecule has 16 nitrogen and oxygen atoms in total. The summed E-state index contributed by atoms with van der Waals surface area (Å²) in [6.07, 6.45) is 14.8. The monoisotopic (exact) mass is 1010 g/mol. The van der Waals surface area contributed by atoms with Gasteiger partial charge >= 0.3 is 0 Å². The highest BCUT2D eigenvalue weighted by Gasteiger charge is 2.37. The molecule has 0 atom stereocenters. The van der Waals surface area contributed by atoms with Gasteiger partial charge < -0.3 is 29.5 Å². The number of hydrogen-bond donors (Lipinski definition) is 3. The molecule has 4 aromatic heterocycles. The van der Waals surface area contributed by atoms with Gasteiger partial charge in [0.05, 0.1) is 48.1 Å². The molecule has 73 heavy (non-hydrogen) atoms. The van der Waals surface area contributed by atoms with Crippen LogP contribution in [-0.4, -0.2) is 114 Å². The minimum atomic E-state index is -1.75. The van der Waals surface area contributed by atoms with E-state index < -0.39 is 19.5 Å². The highest BCUT2D eigenvalue weighted by molar-refractivity contribution is 6.74. The molecule has 0 aliphatic carbocycles. The van der Waals surface area contributed by atoms with Crippen LogP contribution in [0.25, 0.3) is 22.5 Å². The third-order valence-electron chi connectivity index (χ3n) is 13.3. The lowest BCUT2D eigenvalue weighted by molar-refractivity contribution is 0.0897. The Balaban J connectivity index is 0.000000218. The molecule has 8 rings (SSSR count). The molecule has 2 amide bonds. The number of carbonyl (C=O) groups is 2. The first-order valence-electron chi connectivity index (χ1n) is 25.0. The number of anilines is 2. The number of aliphatic imine (C=N–C) groups is 2. The predicted molar refractivity (Wildman–Crippen MR) is 291 cm³/mol.